The van der Waals surface area contributed by atoms with Gasteiger partial charge in [-0.25, -0.2) is 0 Å². The molecule has 0 aliphatic carbocycles. The maximum Gasteiger partial charge on any atom is 0.0369 e. The van der Waals surface area contributed by atoms with Crippen molar-refractivity contribution in [2.45, 2.75) is 19.8 Å². The zero-order chi connectivity index (χ0) is 12.6. The Hall–Kier alpha value is -1.06. The monoisotopic (exact) mass is 247 g/mol. The van der Waals surface area contributed by atoms with Gasteiger partial charge < -0.3 is 15.5 Å². The van der Waals surface area contributed by atoms with Crippen LogP contribution in [0.2, 0.25) is 0 Å². The molecule has 100 valence electrons. The highest BCUT2D eigenvalue weighted by molar-refractivity contribution is 5.49. The van der Waals surface area contributed by atoms with Gasteiger partial charge in [-0.05, 0) is 37.9 Å². The summed E-state index contributed by atoms with van der Waals surface area (Å²) in [7, 11) is 0. The first-order valence-corrected chi connectivity index (χ1v) is 7.09. The largest absolute Gasteiger partial charge is 0.385 e. The molecule has 0 bridgehead atoms. The lowest BCUT2D eigenvalue weighted by molar-refractivity contribution is 0.237. The summed E-state index contributed by atoms with van der Waals surface area (Å²) < 4.78 is 0. The first-order chi connectivity index (χ1) is 8.86. The Morgan fingerprint density at radius 3 is 2.72 bits per heavy atom. The van der Waals surface area contributed by atoms with Crippen molar-refractivity contribution >= 4 is 5.69 Å². The molecule has 0 amide bonds. The molecule has 2 N–H and O–H groups in total. The SMILES string of the molecule is Cc1ccccc1NCCCCN1CCNCC1. The van der Waals surface area contributed by atoms with Crippen molar-refractivity contribution in [2.75, 3.05) is 44.6 Å². The number of hydrogen-bond acceptors (Lipinski definition) is 3. The maximum absolute atomic E-state index is 3.52. The second kappa shape index (κ2) is 7.39. The quantitative estimate of drug-likeness (QED) is 0.754. The molecule has 0 aromatic heterocycles. The number of aryl methyl sites for hydroxylation is 1. The van der Waals surface area contributed by atoms with Crippen LogP contribution in [-0.2, 0) is 0 Å². The number of hydrogen-bond donors (Lipinski definition) is 2. The Balaban J connectivity index is 1.57. The van der Waals surface area contributed by atoms with E-state index in [0.29, 0.717) is 0 Å². The van der Waals surface area contributed by atoms with Crippen LogP contribution in [0.15, 0.2) is 24.3 Å². The van der Waals surface area contributed by atoms with E-state index in [1.165, 1.54) is 43.7 Å². The average molecular weight is 247 g/mol. The van der Waals surface area contributed by atoms with E-state index in [1.807, 2.05) is 0 Å². The molecule has 0 unspecified atom stereocenters. The van der Waals surface area contributed by atoms with Crippen LogP contribution in [0.3, 0.4) is 0 Å². The summed E-state index contributed by atoms with van der Waals surface area (Å²) in [5.41, 5.74) is 2.61. The van der Waals surface area contributed by atoms with E-state index in [4.69, 9.17) is 0 Å². The zero-order valence-electron chi connectivity index (χ0n) is 11.4. The van der Waals surface area contributed by atoms with Crippen molar-refractivity contribution in [3.05, 3.63) is 29.8 Å². The topological polar surface area (TPSA) is 27.3 Å². The fraction of sp³-hybridized carbons (Fsp3) is 0.600. The van der Waals surface area contributed by atoms with Gasteiger partial charge in [-0.2, -0.15) is 0 Å². The highest BCUT2D eigenvalue weighted by atomic mass is 15.2. The molecule has 1 fully saturated rings. The van der Waals surface area contributed by atoms with Crippen molar-refractivity contribution in [1.29, 1.82) is 0 Å². The average Bonchev–Trinajstić information content (AvgIpc) is 2.42. The maximum atomic E-state index is 3.52. The molecule has 0 radical (unpaired) electrons. The second-order valence-corrected chi connectivity index (χ2v) is 5.04. The summed E-state index contributed by atoms with van der Waals surface area (Å²) >= 11 is 0. The molecule has 0 saturated carbocycles. The minimum Gasteiger partial charge on any atom is -0.385 e. The van der Waals surface area contributed by atoms with E-state index in [2.05, 4.69) is 46.7 Å². The van der Waals surface area contributed by atoms with Crippen LogP contribution in [0.1, 0.15) is 18.4 Å². The number of nitrogens with one attached hydrogen (secondary N) is 2. The van der Waals surface area contributed by atoms with Gasteiger partial charge in [-0.15, -0.1) is 0 Å². The molecule has 18 heavy (non-hydrogen) atoms. The lowest BCUT2D eigenvalue weighted by atomic mass is 10.2. The minimum absolute atomic E-state index is 1.08. The van der Waals surface area contributed by atoms with Gasteiger partial charge in [0.15, 0.2) is 0 Å². The molecule has 3 nitrogen and oxygen atoms in total. The van der Waals surface area contributed by atoms with E-state index in [9.17, 15) is 0 Å². The Bertz CT molecular complexity index is 345. The summed E-state index contributed by atoms with van der Waals surface area (Å²) in [4.78, 5) is 2.56. The van der Waals surface area contributed by atoms with Crippen LogP contribution in [0.25, 0.3) is 0 Å². The van der Waals surface area contributed by atoms with Crippen molar-refractivity contribution in [3.63, 3.8) is 0 Å². The number of unbranched alkanes of at least 4 members (excludes halogenated alkanes) is 1. The predicted octanol–water partition coefficient (Wildman–Crippen LogP) is 2.09. The minimum atomic E-state index is 1.08. The van der Waals surface area contributed by atoms with Crippen LogP contribution >= 0.6 is 0 Å². The van der Waals surface area contributed by atoms with Crippen molar-refractivity contribution in [1.82, 2.24) is 10.2 Å². The number of benzene rings is 1. The number of rotatable bonds is 6. The third kappa shape index (κ3) is 4.31. The third-order valence-electron chi connectivity index (χ3n) is 3.57. The summed E-state index contributed by atoms with van der Waals surface area (Å²) in [6.45, 7) is 9.22. The lowest BCUT2D eigenvalue weighted by Gasteiger charge is -2.27. The number of piperazine rings is 1. The van der Waals surface area contributed by atoms with Gasteiger partial charge in [0, 0.05) is 38.4 Å². The van der Waals surface area contributed by atoms with Gasteiger partial charge in [0.05, 0.1) is 0 Å². The fourth-order valence-electron chi connectivity index (χ4n) is 2.39. The van der Waals surface area contributed by atoms with Crippen molar-refractivity contribution < 1.29 is 0 Å². The molecule has 0 atom stereocenters. The molecule has 3 heteroatoms. The molecule has 1 aliphatic heterocycles. The number of nitrogens with zero attached hydrogens (tertiary/aromatic N) is 1. The molecule has 1 aromatic carbocycles. The Labute approximate surface area is 111 Å². The van der Waals surface area contributed by atoms with Crippen LogP contribution in [-0.4, -0.2) is 44.2 Å². The van der Waals surface area contributed by atoms with Crippen LogP contribution < -0.4 is 10.6 Å². The van der Waals surface area contributed by atoms with E-state index < -0.39 is 0 Å². The van der Waals surface area contributed by atoms with E-state index in [0.717, 1.165) is 19.6 Å². The van der Waals surface area contributed by atoms with Crippen molar-refractivity contribution in [3.8, 4) is 0 Å². The lowest BCUT2D eigenvalue weighted by Crippen LogP contribution is -2.43. The van der Waals surface area contributed by atoms with E-state index in [1.54, 1.807) is 0 Å². The normalized spacial score (nSPS) is 16.7. The molecule has 1 saturated heterocycles. The van der Waals surface area contributed by atoms with Gasteiger partial charge in [-0.1, -0.05) is 18.2 Å². The highest BCUT2D eigenvalue weighted by Crippen LogP contribution is 2.12. The second-order valence-electron chi connectivity index (χ2n) is 5.04. The highest BCUT2D eigenvalue weighted by Gasteiger charge is 2.07. The van der Waals surface area contributed by atoms with Gasteiger partial charge >= 0.3 is 0 Å². The van der Waals surface area contributed by atoms with Gasteiger partial charge in [0.1, 0.15) is 0 Å². The smallest absolute Gasteiger partial charge is 0.0369 e. The molecule has 1 heterocycles. The van der Waals surface area contributed by atoms with Gasteiger partial charge in [0.25, 0.3) is 0 Å². The van der Waals surface area contributed by atoms with E-state index >= 15 is 0 Å². The molecular weight excluding hydrogens is 222 g/mol. The first kappa shape index (κ1) is 13.4. The van der Waals surface area contributed by atoms with Gasteiger partial charge in [0.2, 0.25) is 0 Å². The molecule has 1 aromatic rings. The molecule has 0 spiro atoms. The Morgan fingerprint density at radius 1 is 1.17 bits per heavy atom. The zero-order valence-corrected chi connectivity index (χ0v) is 11.4. The summed E-state index contributed by atoms with van der Waals surface area (Å²) in [6.07, 6.45) is 2.54. The number of anilines is 1. The fourth-order valence-corrected chi connectivity index (χ4v) is 2.39. The Morgan fingerprint density at radius 2 is 1.94 bits per heavy atom. The Kier molecular flexibility index (Phi) is 5.49. The van der Waals surface area contributed by atoms with Crippen molar-refractivity contribution in [2.24, 2.45) is 0 Å². The molecular formula is C15H25N3. The standard InChI is InChI=1S/C15H25N3/c1-14-6-2-3-7-15(14)17-8-4-5-11-18-12-9-16-10-13-18/h2-3,6-7,16-17H,4-5,8-13H2,1H3. The first-order valence-electron chi connectivity index (χ1n) is 7.09. The van der Waals surface area contributed by atoms with Crippen LogP contribution in [0, 0.1) is 6.92 Å². The predicted molar refractivity (Wildman–Crippen MR) is 78.2 cm³/mol. The van der Waals surface area contributed by atoms with E-state index in [-0.39, 0.29) is 0 Å². The molecule has 2 rings (SSSR count). The van der Waals surface area contributed by atoms with Gasteiger partial charge in [-0.3, -0.25) is 0 Å². The molecule has 1 aliphatic rings. The summed E-state index contributed by atoms with van der Waals surface area (Å²) in [5, 5.41) is 6.91. The number of para-hydroxylation sites is 1. The van der Waals surface area contributed by atoms with Crippen LogP contribution in [0.5, 0.6) is 0 Å². The summed E-state index contributed by atoms with van der Waals surface area (Å²) in [5.74, 6) is 0. The third-order valence-corrected chi connectivity index (χ3v) is 3.57. The summed E-state index contributed by atoms with van der Waals surface area (Å²) in [6, 6.07) is 8.50. The van der Waals surface area contributed by atoms with Crippen LogP contribution in [0.4, 0.5) is 5.69 Å².